The number of methoxy groups -OCH3 is 2. The summed E-state index contributed by atoms with van der Waals surface area (Å²) in [4.78, 5) is 14.0. The van der Waals surface area contributed by atoms with Crippen molar-refractivity contribution in [2.24, 2.45) is 0 Å². The second kappa shape index (κ2) is 6.50. The lowest BCUT2D eigenvalue weighted by molar-refractivity contribution is -0.115. The fourth-order valence-corrected chi connectivity index (χ4v) is 3.73. The monoisotopic (exact) mass is 333 g/mol. The van der Waals surface area contributed by atoms with Crippen LogP contribution in [0.4, 0.5) is 10.1 Å². The van der Waals surface area contributed by atoms with Crippen LogP contribution >= 0.6 is 11.8 Å². The van der Waals surface area contributed by atoms with Crippen LogP contribution in [0.2, 0.25) is 0 Å². The molecular weight excluding hydrogens is 317 g/mol. The van der Waals surface area contributed by atoms with Crippen molar-refractivity contribution in [2.45, 2.75) is 5.37 Å². The highest BCUT2D eigenvalue weighted by Crippen LogP contribution is 2.43. The summed E-state index contributed by atoms with van der Waals surface area (Å²) in [6, 6.07) is 11.6. The number of carbonyl (C=O) groups excluding carboxylic acids is 1. The number of anilines is 1. The summed E-state index contributed by atoms with van der Waals surface area (Å²) in [5, 5.41) is -0.179. The molecule has 1 atom stereocenters. The second-order valence-electron chi connectivity index (χ2n) is 5.02. The van der Waals surface area contributed by atoms with Crippen LogP contribution in [0.15, 0.2) is 42.5 Å². The molecule has 1 saturated heterocycles. The largest absolute Gasteiger partial charge is 0.493 e. The van der Waals surface area contributed by atoms with Crippen molar-refractivity contribution in [3.8, 4) is 11.5 Å². The molecular formula is C17H16FNO3S. The maximum absolute atomic E-state index is 13.1. The van der Waals surface area contributed by atoms with Gasteiger partial charge in [-0.05, 0) is 29.8 Å². The number of ether oxygens (including phenoxy) is 2. The number of carbonyl (C=O) groups is 1. The van der Waals surface area contributed by atoms with E-state index in [2.05, 4.69) is 0 Å². The minimum Gasteiger partial charge on any atom is -0.493 e. The van der Waals surface area contributed by atoms with Gasteiger partial charge in [0.15, 0.2) is 11.5 Å². The van der Waals surface area contributed by atoms with Crippen molar-refractivity contribution in [3.63, 3.8) is 0 Å². The van der Waals surface area contributed by atoms with E-state index in [1.165, 1.54) is 23.9 Å². The van der Waals surface area contributed by atoms with Gasteiger partial charge in [0.25, 0.3) is 0 Å². The maximum Gasteiger partial charge on any atom is 0.238 e. The lowest BCUT2D eigenvalue weighted by Crippen LogP contribution is -2.27. The van der Waals surface area contributed by atoms with E-state index >= 15 is 0 Å². The van der Waals surface area contributed by atoms with E-state index < -0.39 is 0 Å². The molecule has 120 valence electrons. The average molecular weight is 333 g/mol. The normalized spacial score (nSPS) is 17.4. The highest BCUT2D eigenvalue weighted by Gasteiger charge is 2.34. The number of halogens is 1. The van der Waals surface area contributed by atoms with Crippen molar-refractivity contribution in [1.29, 1.82) is 0 Å². The topological polar surface area (TPSA) is 38.8 Å². The standard InChI is InChI=1S/C17H16FNO3S/c1-21-14-8-7-13(9-15(14)22-2)19-16(20)10-23-17(19)11-3-5-12(18)6-4-11/h3-9,17H,10H2,1-2H3. The molecule has 0 saturated carbocycles. The summed E-state index contributed by atoms with van der Waals surface area (Å²) < 4.78 is 23.7. The van der Waals surface area contributed by atoms with Gasteiger partial charge in [-0.15, -0.1) is 11.8 Å². The fraction of sp³-hybridized carbons (Fsp3) is 0.235. The smallest absolute Gasteiger partial charge is 0.238 e. The minimum atomic E-state index is -0.291. The third-order valence-electron chi connectivity index (χ3n) is 3.67. The summed E-state index contributed by atoms with van der Waals surface area (Å²) in [5.74, 6) is 1.27. The molecule has 0 bridgehead atoms. The Labute approximate surface area is 138 Å². The molecule has 4 nitrogen and oxygen atoms in total. The van der Waals surface area contributed by atoms with Gasteiger partial charge in [0.2, 0.25) is 5.91 Å². The summed E-state index contributed by atoms with van der Waals surface area (Å²) in [5.41, 5.74) is 1.61. The van der Waals surface area contributed by atoms with Crippen LogP contribution < -0.4 is 14.4 Å². The highest BCUT2D eigenvalue weighted by molar-refractivity contribution is 8.00. The highest BCUT2D eigenvalue weighted by atomic mass is 32.2. The summed E-state index contributed by atoms with van der Waals surface area (Å²) in [7, 11) is 3.12. The van der Waals surface area contributed by atoms with Crippen molar-refractivity contribution in [2.75, 3.05) is 24.9 Å². The third kappa shape index (κ3) is 2.99. The van der Waals surface area contributed by atoms with E-state index in [-0.39, 0.29) is 17.1 Å². The van der Waals surface area contributed by atoms with Crippen LogP contribution in [0.5, 0.6) is 11.5 Å². The Morgan fingerprint density at radius 3 is 2.43 bits per heavy atom. The van der Waals surface area contributed by atoms with E-state index in [0.29, 0.717) is 17.3 Å². The Morgan fingerprint density at radius 2 is 1.78 bits per heavy atom. The molecule has 1 aliphatic heterocycles. The molecule has 1 fully saturated rings. The number of benzene rings is 2. The zero-order valence-electron chi connectivity index (χ0n) is 12.8. The minimum absolute atomic E-state index is 0.0107. The second-order valence-corrected chi connectivity index (χ2v) is 6.09. The van der Waals surface area contributed by atoms with Gasteiger partial charge in [-0.3, -0.25) is 9.69 Å². The van der Waals surface area contributed by atoms with Crippen molar-refractivity contribution in [1.82, 2.24) is 0 Å². The first-order valence-electron chi connectivity index (χ1n) is 7.05. The quantitative estimate of drug-likeness (QED) is 0.857. The SMILES string of the molecule is COc1ccc(N2C(=O)CSC2c2ccc(F)cc2)cc1OC. The van der Waals surface area contributed by atoms with Crippen LogP contribution in [0.1, 0.15) is 10.9 Å². The predicted octanol–water partition coefficient (Wildman–Crippen LogP) is 3.62. The maximum atomic E-state index is 13.1. The van der Waals surface area contributed by atoms with Crippen LogP contribution in [0, 0.1) is 5.82 Å². The number of amides is 1. The van der Waals surface area contributed by atoms with Gasteiger partial charge in [-0.1, -0.05) is 12.1 Å². The van der Waals surface area contributed by atoms with Gasteiger partial charge in [0, 0.05) is 11.8 Å². The first-order chi connectivity index (χ1) is 11.1. The number of hydrogen-bond acceptors (Lipinski definition) is 4. The first-order valence-corrected chi connectivity index (χ1v) is 8.10. The fourth-order valence-electron chi connectivity index (χ4n) is 2.55. The Balaban J connectivity index is 1.98. The predicted molar refractivity (Wildman–Crippen MR) is 88.6 cm³/mol. The molecule has 0 aliphatic carbocycles. The zero-order chi connectivity index (χ0) is 16.4. The molecule has 2 aromatic carbocycles. The number of nitrogens with zero attached hydrogens (tertiary/aromatic N) is 1. The molecule has 2 aromatic rings. The molecule has 3 rings (SSSR count). The third-order valence-corrected chi connectivity index (χ3v) is 4.88. The van der Waals surface area contributed by atoms with Gasteiger partial charge < -0.3 is 9.47 Å². The molecule has 1 unspecified atom stereocenters. The first kappa shape index (κ1) is 15.7. The lowest BCUT2D eigenvalue weighted by Gasteiger charge is -2.25. The molecule has 23 heavy (non-hydrogen) atoms. The van der Waals surface area contributed by atoms with Crippen LogP contribution in [0.3, 0.4) is 0 Å². The van der Waals surface area contributed by atoms with E-state index in [9.17, 15) is 9.18 Å². The Kier molecular flexibility index (Phi) is 4.43. The summed E-state index contributed by atoms with van der Waals surface area (Å²) in [6.07, 6.45) is 0. The van der Waals surface area contributed by atoms with Crippen molar-refractivity contribution >= 4 is 23.4 Å². The zero-order valence-corrected chi connectivity index (χ0v) is 13.6. The molecule has 0 aromatic heterocycles. The molecule has 0 spiro atoms. The Morgan fingerprint density at radius 1 is 1.09 bits per heavy atom. The van der Waals surface area contributed by atoms with E-state index in [4.69, 9.17) is 9.47 Å². The average Bonchev–Trinajstić information content (AvgIpc) is 2.96. The van der Waals surface area contributed by atoms with E-state index in [0.717, 1.165) is 11.3 Å². The summed E-state index contributed by atoms with van der Waals surface area (Å²) in [6.45, 7) is 0. The van der Waals surface area contributed by atoms with Crippen LogP contribution in [0.25, 0.3) is 0 Å². The van der Waals surface area contributed by atoms with E-state index in [1.54, 1.807) is 43.4 Å². The number of hydrogen-bond donors (Lipinski definition) is 0. The summed E-state index contributed by atoms with van der Waals surface area (Å²) >= 11 is 1.52. The van der Waals surface area contributed by atoms with Gasteiger partial charge in [-0.2, -0.15) is 0 Å². The van der Waals surface area contributed by atoms with Gasteiger partial charge in [-0.25, -0.2) is 4.39 Å². The Bertz CT molecular complexity index is 720. The number of thioether (sulfide) groups is 1. The molecule has 1 aliphatic rings. The molecule has 0 radical (unpaired) electrons. The van der Waals surface area contributed by atoms with Crippen molar-refractivity contribution < 1.29 is 18.7 Å². The van der Waals surface area contributed by atoms with Crippen LogP contribution in [-0.4, -0.2) is 25.9 Å². The molecule has 1 heterocycles. The van der Waals surface area contributed by atoms with Gasteiger partial charge in [0.05, 0.1) is 20.0 Å². The molecule has 0 N–H and O–H groups in total. The van der Waals surface area contributed by atoms with Crippen molar-refractivity contribution in [3.05, 3.63) is 53.8 Å². The molecule has 1 amide bonds. The molecule has 6 heteroatoms. The number of rotatable bonds is 4. The Hall–Kier alpha value is -2.21. The van der Waals surface area contributed by atoms with Gasteiger partial charge >= 0.3 is 0 Å². The lowest BCUT2D eigenvalue weighted by atomic mass is 10.1. The van der Waals surface area contributed by atoms with Crippen LogP contribution in [-0.2, 0) is 4.79 Å². The van der Waals surface area contributed by atoms with E-state index in [1.807, 2.05) is 6.07 Å². The van der Waals surface area contributed by atoms with Gasteiger partial charge in [0.1, 0.15) is 11.2 Å².